The third kappa shape index (κ3) is 2.79. The van der Waals surface area contributed by atoms with Gasteiger partial charge in [0.25, 0.3) is 0 Å². The Morgan fingerprint density at radius 3 is 2.32 bits per heavy atom. The highest BCUT2D eigenvalue weighted by Gasteiger charge is 2.57. The Hall–Kier alpha value is -0.470. The summed E-state index contributed by atoms with van der Waals surface area (Å²) in [6, 6.07) is 0. The summed E-state index contributed by atoms with van der Waals surface area (Å²) in [6.45, 7) is 8.95. The van der Waals surface area contributed by atoms with Gasteiger partial charge in [-0.1, -0.05) is 19.1 Å². The molecule has 0 amide bonds. The minimum atomic E-state index is -3.98. The van der Waals surface area contributed by atoms with Crippen molar-refractivity contribution < 1.29 is 13.2 Å². The lowest BCUT2D eigenvalue weighted by molar-refractivity contribution is -0.196. The summed E-state index contributed by atoms with van der Waals surface area (Å²) in [5, 5.41) is 0. The lowest BCUT2D eigenvalue weighted by Crippen LogP contribution is -2.49. The van der Waals surface area contributed by atoms with E-state index in [2.05, 4.69) is 20.4 Å². The molecular weight excluding hydrogens is 321 g/mol. The standard InChI is InChI=1S/C22H33F3/c1-13(2)19-8-9-20-18-6-4-14-12-15(22(23,24)25)5-7-16(14)17(18)10-11-21(19,20)3/h14-20H,1,4-12H2,2-3H3/t14?,15-,16?,17?,18+,19+,20?,21+/m0/s1. The van der Waals surface area contributed by atoms with Gasteiger partial charge in [-0.15, -0.1) is 0 Å². The van der Waals surface area contributed by atoms with Gasteiger partial charge in [0.1, 0.15) is 0 Å². The zero-order valence-electron chi connectivity index (χ0n) is 15.7. The highest BCUT2D eigenvalue weighted by Crippen LogP contribution is 2.65. The Kier molecular flexibility index (Phi) is 4.32. The van der Waals surface area contributed by atoms with Crippen molar-refractivity contribution in [3.8, 4) is 0 Å². The molecule has 4 fully saturated rings. The Bertz CT molecular complexity index is 536. The van der Waals surface area contributed by atoms with E-state index in [0.29, 0.717) is 41.9 Å². The molecule has 0 nitrogen and oxygen atoms in total. The van der Waals surface area contributed by atoms with Gasteiger partial charge < -0.3 is 0 Å². The van der Waals surface area contributed by atoms with Crippen LogP contribution < -0.4 is 0 Å². The first-order valence-corrected chi connectivity index (χ1v) is 10.4. The molecule has 4 rings (SSSR count). The monoisotopic (exact) mass is 354 g/mol. The first-order chi connectivity index (χ1) is 11.7. The number of rotatable bonds is 1. The van der Waals surface area contributed by atoms with Crippen molar-refractivity contribution in [2.45, 2.75) is 77.8 Å². The average molecular weight is 355 g/mol. The molecule has 25 heavy (non-hydrogen) atoms. The van der Waals surface area contributed by atoms with E-state index in [1.54, 1.807) is 0 Å². The van der Waals surface area contributed by atoms with Crippen LogP contribution in [0.25, 0.3) is 0 Å². The fraction of sp³-hybridized carbons (Fsp3) is 0.909. The maximum atomic E-state index is 13.2. The second-order valence-electron chi connectivity index (χ2n) is 10.0. The van der Waals surface area contributed by atoms with Crippen molar-refractivity contribution in [2.75, 3.05) is 0 Å². The smallest absolute Gasteiger partial charge is 0.171 e. The van der Waals surface area contributed by atoms with Crippen LogP contribution in [0.3, 0.4) is 0 Å². The Morgan fingerprint density at radius 1 is 0.920 bits per heavy atom. The molecule has 4 aliphatic carbocycles. The predicted octanol–water partition coefficient (Wildman–Crippen LogP) is 7.01. The summed E-state index contributed by atoms with van der Waals surface area (Å²) in [7, 11) is 0. The van der Waals surface area contributed by atoms with E-state index < -0.39 is 12.1 Å². The summed E-state index contributed by atoms with van der Waals surface area (Å²) in [5.41, 5.74) is 1.76. The quantitative estimate of drug-likeness (QED) is 0.444. The molecule has 0 radical (unpaired) electrons. The first kappa shape index (κ1) is 17.9. The van der Waals surface area contributed by atoms with Crippen molar-refractivity contribution in [1.29, 1.82) is 0 Å². The molecule has 0 spiro atoms. The van der Waals surface area contributed by atoms with Crippen molar-refractivity contribution in [2.24, 2.45) is 46.8 Å². The van der Waals surface area contributed by atoms with E-state index in [1.807, 2.05) is 0 Å². The van der Waals surface area contributed by atoms with Crippen molar-refractivity contribution in [3.63, 3.8) is 0 Å². The highest BCUT2D eigenvalue weighted by atomic mass is 19.4. The van der Waals surface area contributed by atoms with Crippen molar-refractivity contribution >= 4 is 0 Å². The summed E-state index contributed by atoms with van der Waals surface area (Å²) in [5.74, 6) is 2.81. The molecule has 4 aliphatic rings. The van der Waals surface area contributed by atoms with Crippen molar-refractivity contribution in [3.05, 3.63) is 12.2 Å². The van der Waals surface area contributed by atoms with Gasteiger partial charge in [0.05, 0.1) is 5.92 Å². The van der Waals surface area contributed by atoms with E-state index >= 15 is 0 Å². The number of hydrogen-bond acceptors (Lipinski definition) is 0. The zero-order valence-corrected chi connectivity index (χ0v) is 15.7. The van der Waals surface area contributed by atoms with Crippen LogP contribution in [0.2, 0.25) is 0 Å². The number of fused-ring (bicyclic) bond motifs is 5. The minimum Gasteiger partial charge on any atom is -0.171 e. The van der Waals surface area contributed by atoms with Crippen LogP contribution >= 0.6 is 0 Å². The van der Waals surface area contributed by atoms with E-state index in [9.17, 15) is 13.2 Å². The molecule has 0 heterocycles. The van der Waals surface area contributed by atoms with Gasteiger partial charge in [-0.25, -0.2) is 0 Å². The largest absolute Gasteiger partial charge is 0.391 e. The molecule has 0 saturated heterocycles. The Balaban J connectivity index is 1.51. The second kappa shape index (κ2) is 6.02. The second-order valence-corrected chi connectivity index (χ2v) is 10.0. The SMILES string of the molecule is C=C(C)[C@H]1CCC2[C@@H]3CCC4C[C@@H](C(F)(F)F)CCC4C3CC[C@@]21C. The lowest BCUT2D eigenvalue weighted by Gasteiger charge is -2.56. The molecule has 0 aromatic heterocycles. The van der Waals surface area contributed by atoms with E-state index in [0.717, 1.165) is 24.7 Å². The topological polar surface area (TPSA) is 0 Å². The summed E-state index contributed by atoms with van der Waals surface area (Å²) < 4.78 is 39.5. The molecule has 142 valence electrons. The van der Waals surface area contributed by atoms with E-state index in [4.69, 9.17) is 0 Å². The lowest BCUT2D eigenvalue weighted by atomic mass is 9.49. The van der Waals surface area contributed by atoms with Crippen LogP contribution in [0.15, 0.2) is 12.2 Å². The molecule has 3 heteroatoms. The summed E-state index contributed by atoms with van der Waals surface area (Å²) >= 11 is 0. The normalized spacial score (nSPS) is 49.9. The molecular formula is C22H33F3. The average Bonchev–Trinajstić information content (AvgIpc) is 2.90. The number of hydrogen-bond donors (Lipinski definition) is 0. The molecule has 0 aromatic rings. The molecule has 8 atom stereocenters. The summed E-state index contributed by atoms with van der Waals surface area (Å²) in [4.78, 5) is 0. The molecule has 0 bridgehead atoms. The molecule has 0 N–H and O–H groups in total. The van der Waals surface area contributed by atoms with Gasteiger partial charge >= 0.3 is 6.18 Å². The van der Waals surface area contributed by atoms with Gasteiger partial charge in [-0.3, -0.25) is 0 Å². The molecule has 0 aliphatic heterocycles. The van der Waals surface area contributed by atoms with Crippen LogP contribution in [-0.2, 0) is 0 Å². The van der Waals surface area contributed by atoms with Gasteiger partial charge in [-0.05, 0) is 106 Å². The Morgan fingerprint density at radius 2 is 1.64 bits per heavy atom. The fourth-order valence-electron chi connectivity index (χ4n) is 7.96. The maximum Gasteiger partial charge on any atom is 0.391 e. The number of allylic oxidation sites excluding steroid dienone is 1. The van der Waals surface area contributed by atoms with E-state index in [-0.39, 0.29) is 0 Å². The minimum absolute atomic E-state index is 0.337. The fourth-order valence-corrected chi connectivity index (χ4v) is 7.96. The maximum absolute atomic E-state index is 13.2. The van der Waals surface area contributed by atoms with Gasteiger partial charge in [0, 0.05) is 0 Å². The van der Waals surface area contributed by atoms with Crippen LogP contribution in [-0.4, -0.2) is 6.18 Å². The van der Waals surface area contributed by atoms with Gasteiger partial charge in [0.15, 0.2) is 0 Å². The van der Waals surface area contributed by atoms with Crippen LogP contribution in [0.4, 0.5) is 13.2 Å². The zero-order chi connectivity index (χ0) is 18.0. The van der Waals surface area contributed by atoms with Gasteiger partial charge in [-0.2, -0.15) is 13.2 Å². The third-order valence-corrected chi connectivity index (χ3v) is 9.01. The predicted molar refractivity (Wildman–Crippen MR) is 95.0 cm³/mol. The molecule has 4 saturated carbocycles. The van der Waals surface area contributed by atoms with Gasteiger partial charge in [0.2, 0.25) is 0 Å². The number of halogens is 3. The molecule has 4 unspecified atom stereocenters. The van der Waals surface area contributed by atoms with Crippen LogP contribution in [0.5, 0.6) is 0 Å². The molecule has 0 aromatic carbocycles. The van der Waals surface area contributed by atoms with Crippen LogP contribution in [0.1, 0.15) is 71.6 Å². The van der Waals surface area contributed by atoms with E-state index in [1.165, 1.54) is 37.7 Å². The van der Waals surface area contributed by atoms with Crippen molar-refractivity contribution in [1.82, 2.24) is 0 Å². The number of alkyl halides is 3. The first-order valence-electron chi connectivity index (χ1n) is 10.4. The highest BCUT2D eigenvalue weighted by molar-refractivity contribution is 5.13. The van der Waals surface area contributed by atoms with Crippen LogP contribution in [0, 0.1) is 46.8 Å². The third-order valence-electron chi connectivity index (χ3n) is 9.01. The Labute approximate surface area is 150 Å². The summed E-state index contributed by atoms with van der Waals surface area (Å²) in [6.07, 6.45) is 4.97.